The third-order valence-corrected chi connectivity index (χ3v) is 7.59. The van der Waals surface area contributed by atoms with Crippen LogP contribution in [-0.2, 0) is 42.0 Å². The predicted molar refractivity (Wildman–Crippen MR) is 151 cm³/mol. The average molecular weight is 544 g/mol. The molecule has 5 aromatic rings. The van der Waals surface area contributed by atoms with E-state index in [-0.39, 0.29) is 17.8 Å². The third kappa shape index (κ3) is 5.68. The van der Waals surface area contributed by atoms with E-state index < -0.39 is 0 Å². The summed E-state index contributed by atoms with van der Waals surface area (Å²) in [6.45, 7) is 5.10. The van der Waals surface area contributed by atoms with Gasteiger partial charge in [0.15, 0.2) is 5.43 Å². The molecular formula is C30H30ClN5O3. The summed E-state index contributed by atoms with van der Waals surface area (Å²) in [5, 5.41) is 5.30. The second-order valence-corrected chi connectivity index (χ2v) is 10.5. The summed E-state index contributed by atoms with van der Waals surface area (Å²) in [6.07, 6.45) is 8.16. The second kappa shape index (κ2) is 11.2. The first kappa shape index (κ1) is 25.6. The fourth-order valence-electron chi connectivity index (χ4n) is 5.33. The van der Waals surface area contributed by atoms with Gasteiger partial charge in [-0.3, -0.25) is 14.5 Å². The molecule has 9 heteroatoms. The Balaban J connectivity index is 1.32. The predicted octanol–water partition coefficient (Wildman–Crippen LogP) is 3.67. The maximum absolute atomic E-state index is 13.7. The van der Waals surface area contributed by atoms with Gasteiger partial charge in [-0.15, -0.1) is 0 Å². The minimum Gasteiger partial charge on any atom is -0.379 e. The number of pyridine rings is 1. The van der Waals surface area contributed by atoms with Crippen LogP contribution in [0.3, 0.4) is 0 Å². The Morgan fingerprint density at radius 2 is 1.90 bits per heavy atom. The van der Waals surface area contributed by atoms with Crippen molar-refractivity contribution in [3.05, 3.63) is 105 Å². The van der Waals surface area contributed by atoms with Gasteiger partial charge >= 0.3 is 0 Å². The summed E-state index contributed by atoms with van der Waals surface area (Å²) in [6, 6.07) is 13.7. The van der Waals surface area contributed by atoms with Gasteiger partial charge in [0.2, 0.25) is 5.91 Å². The van der Waals surface area contributed by atoms with Crippen LogP contribution in [0.5, 0.6) is 0 Å². The molecule has 1 N–H and O–H groups in total. The number of hydrogen-bond donors (Lipinski definition) is 1. The maximum atomic E-state index is 13.7. The molecule has 8 nitrogen and oxygen atoms in total. The normalized spacial score (nSPS) is 14.4. The number of imidazole rings is 1. The highest BCUT2D eigenvalue weighted by molar-refractivity contribution is 6.30. The van der Waals surface area contributed by atoms with Crippen LogP contribution in [0.25, 0.3) is 16.3 Å². The lowest BCUT2D eigenvalue weighted by Crippen LogP contribution is -2.35. The van der Waals surface area contributed by atoms with Crippen LogP contribution >= 0.6 is 11.6 Å². The van der Waals surface area contributed by atoms with Gasteiger partial charge in [-0.1, -0.05) is 23.7 Å². The van der Waals surface area contributed by atoms with E-state index in [9.17, 15) is 9.59 Å². The number of amides is 1. The molecule has 1 saturated heterocycles. The summed E-state index contributed by atoms with van der Waals surface area (Å²) in [5.41, 5.74) is 4.45. The lowest BCUT2D eigenvalue weighted by molar-refractivity contribution is -0.120. The molecule has 0 spiro atoms. The SMILES string of the molecule is O=C(Cc1cn2c(CCn3ccnc3)cc3cc(CN4CCOCC4)cc(c1=O)c32)NCc1ccc(Cl)cc1. The van der Waals surface area contributed by atoms with Gasteiger partial charge in [0.05, 0.1) is 31.5 Å². The van der Waals surface area contributed by atoms with Crippen molar-refractivity contribution in [1.29, 1.82) is 0 Å². The number of carbonyl (C=O) groups is 1. The van der Waals surface area contributed by atoms with E-state index in [4.69, 9.17) is 16.3 Å². The number of rotatable bonds is 9. The number of hydrogen-bond acceptors (Lipinski definition) is 5. The van der Waals surface area contributed by atoms with Crippen molar-refractivity contribution in [2.24, 2.45) is 0 Å². The van der Waals surface area contributed by atoms with Crippen LogP contribution < -0.4 is 10.7 Å². The summed E-state index contributed by atoms with van der Waals surface area (Å²) in [5.74, 6) is -0.194. The van der Waals surface area contributed by atoms with Crippen LogP contribution in [-0.4, -0.2) is 51.1 Å². The van der Waals surface area contributed by atoms with Gasteiger partial charge in [-0.05, 0) is 41.5 Å². The molecule has 4 heterocycles. The highest BCUT2D eigenvalue weighted by atomic mass is 35.5. The Kier molecular flexibility index (Phi) is 7.32. The molecule has 0 atom stereocenters. The number of ether oxygens (including phenoxy) is 1. The Morgan fingerprint density at radius 3 is 2.67 bits per heavy atom. The molecule has 200 valence electrons. The average Bonchev–Trinajstić information content (AvgIpc) is 3.58. The van der Waals surface area contributed by atoms with Gasteiger partial charge in [0.1, 0.15) is 0 Å². The van der Waals surface area contributed by atoms with E-state index in [1.54, 1.807) is 24.7 Å². The standard InChI is InChI=1S/C30H30ClN5O3/c31-25-3-1-21(2-4-25)17-33-28(37)16-24-19-36-26(5-7-35-8-6-32-20-35)15-23-13-22(14-27(29(23)36)30(24)38)18-34-9-11-39-12-10-34/h1-4,6,8,13-15,19-20H,5,7,9-12,16-18H2,(H,33,37). The number of benzene rings is 2. The van der Waals surface area contributed by atoms with Crippen LogP contribution in [0, 0.1) is 0 Å². The van der Waals surface area contributed by atoms with Crippen LogP contribution in [0.15, 0.2) is 72.2 Å². The minimum absolute atomic E-state index is 0.0141. The number of aromatic nitrogens is 3. The number of nitrogens with one attached hydrogen (secondary N) is 1. The summed E-state index contributed by atoms with van der Waals surface area (Å²) in [7, 11) is 0. The Bertz CT molecular complexity index is 1640. The fraction of sp³-hybridized carbons (Fsp3) is 0.300. The Morgan fingerprint density at radius 1 is 1.08 bits per heavy atom. The molecule has 1 aliphatic heterocycles. The van der Waals surface area contributed by atoms with Gasteiger partial charge in [-0.2, -0.15) is 0 Å². The van der Waals surface area contributed by atoms with E-state index in [2.05, 4.69) is 31.7 Å². The molecule has 0 unspecified atom stereocenters. The van der Waals surface area contributed by atoms with Crippen molar-refractivity contribution in [3.8, 4) is 0 Å². The van der Waals surface area contributed by atoms with Crippen molar-refractivity contribution >= 4 is 33.8 Å². The molecule has 39 heavy (non-hydrogen) atoms. The first-order chi connectivity index (χ1) is 19.0. The zero-order valence-corrected chi connectivity index (χ0v) is 22.4. The molecule has 1 amide bonds. The zero-order valence-electron chi connectivity index (χ0n) is 21.6. The number of nitrogens with zero attached hydrogens (tertiary/aromatic N) is 4. The fourth-order valence-corrected chi connectivity index (χ4v) is 5.45. The van der Waals surface area contributed by atoms with Crippen molar-refractivity contribution in [2.45, 2.75) is 32.5 Å². The first-order valence-electron chi connectivity index (χ1n) is 13.2. The number of halogens is 1. The lowest BCUT2D eigenvalue weighted by atomic mass is 10.0. The molecule has 1 aliphatic rings. The minimum atomic E-state index is -0.194. The molecule has 0 bridgehead atoms. The molecule has 2 aromatic carbocycles. The number of aryl methyl sites for hydroxylation is 2. The quantitative estimate of drug-likeness (QED) is 0.307. The second-order valence-electron chi connectivity index (χ2n) is 10.1. The molecule has 6 rings (SSSR count). The van der Waals surface area contributed by atoms with E-state index in [0.717, 1.165) is 73.5 Å². The van der Waals surface area contributed by atoms with Crippen LogP contribution in [0.4, 0.5) is 0 Å². The van der Waals surface area contributed by atoms with Crippen LogP contribution in [0.2, 0.25) is 5.02 Å². The van der Waals surface area contributed by atoms with Crippen molar-refractivity contribution in [3.63, 3.8) is 0 Å². The zero-order chi connectivity index (χ0) is 26.8. The van der Waals surface area contributed by atoms with Crippen LogP contribution in [0.1, 0.15) is 22.4 Å². The smallest absolute Gasteiger partial charge is 0.224 e. The largest absolute Gasteiger partial charge is 0.379 e. The van der Waals surface area contributed by atoms with E-state index in [0.29, 0.717) is 22.5 Å². The number of carbonyl (C=O) groups excluding carboxylic acids is 1. The van der Waals surface area contributed by atoms with E-state index in [1.165, 1.54) is 0 Å². The van der Waals surface area contributed by atoms with Gasteiger partial charge in [-0.25, -0.2) is 4.98 Å². The molecule has 0 aliphatic carbocycles. The molecule has 0 radical (unpaired) electrons. The first-order valence-corrected chi connectivity index (χ1v) is 13.6. The van der Waals surface area contributed by atoms with E-state index >= 15 is 0 Å². The molecule has 0 saturated carbocycles. The van der Waals surface area contributed by atoms with Crippen molar-refractivity contribution in [2.75, 3.05) is 26.3 Å². The maximum Gasteiger partial charge on any atom is 0.224 e. The van der Waals surface area contributed by atoms with Gasteiger partial charge < -0.3 is 19.0 Å². The Hall–Kier alpha value is -3.72. The van der Waals surface area contributed by atoms with Gasteiger partial charge in [0, 0.05) is 84.8 Å². The topological polar surface area (TPSA) is 80.9 Å². The van der Waals surface area contributed by atoms with E-state index in [1.807, 2.05) is 35.2 Å². The number of morpholine rings is 1. The van der Waals surface area contributed by atoms with Crippen molar-refractivity contribution < 1.29 is 9.53 Å². The third-order valence-electron chi connectivity index (χ3n) is 7.34. The van der Waals surface area contributed by atoms with Gasteiger partial charge in [0.25, 0.3) is 0 Å². The summed E-state index contributed by atoms with van der Waals surface area (Å²) >= 11 is 5.97. The summed E-state index contributed by atoms with van der Waals surface area (Å²) in [4.78, 5) is 33.1. The molecule has 3 aromatic heterocycles. The van der Waals surface area contributed by atoms with Crippen molar-refractivity contribution in [1.82, 2.24) is 24.2 Å². The Labute approximate surface area is 231 Å². The summed E-state index contributed by atoms with van der Waals surface area (Å²) < 4.78 is 9.64. The molecule has 1 fully saturated rings. The highest BCUT2D eigenvalue weighted by Crippen LogP contribution is 2.27. The highest BCUT2D eigenvalue weighted by Gasteiger charge is 2.19. The lowest BCUT2D eigenvalue weighted by Gasteiger charge is -2.26. The molecular weight excluding hydrogens is 514 g/mol. The monoisotopic (exact) mass is 543 g/mol.